The Hall–Kier alpha value is -2.47. The van der Waals surface area contributed by atoms with Gasteiger partial charge in [-0.15, -0.1) is 0 Å². The smallest absolute Gasteiger partial charge is 0.260 e. The van der Waals surface area contributed by atoms with Gasteiger partial charge in [0.25, 0.3) is 5.91 Å². The van der Waals surface area contributed by atoms with Crippen LogP contribution in [-0.2, 0) is 11.2 Å². The number of halogens is 1. The van der Waals surface area contributed by atoms with E-state index in [9.17, 15) is 9.18 Å². The molecule has 6 heteroatoms. The second-order valence-corrected chi connectivity index (χ2v) is 7.15. The zero-order chi connectivity index (χ0) is 18.8. The van der Waals surface area contributed by atoms with Gasteiger partial charge in [-0.3, -0.25) is 4.79 Å². The minimum Gasteiger partial charge on any atom is -0.474 e. The van der Waals surface area contributed by atoms with Crippen molar-refractivity contribution in [2.24, 2.45) is 0 Å². The van der Waals surface area contributed by atoms with Crippen molar-refractivity contribution >= 4 is 11.6 Å². The predicted octanol–water partition coefficient (Wildman–Crippen LogP) is 3.76. The average molecular weight is 370 g/mol. The number of anilines is 1. The summed E-state index contributed by atoms with van der Waals surface area (Å²) in [6.45, 7) is 3.42. The number of ether oxygens (including phenoxy) is 2. The molecule has 1 aromatic carbocycles. The Kier molecular flexibility index (Phi) is 5.07. The van der Waals surface area contributed by atoms with Gasteiger partial charge >= 0.3 is 0 Å². The van der Waals surface area contributed by atoms with Crippen LogP contribution in [0, 0.1) is 5.82 Å². The second-order valence-electron chi connectivity index (χ2n) is 7.15. The first-order valence-corrected chi connectivity index (χ1v) is 9.44. The zero-order valence-corrected chi connectivity index (χ0v) is 15.4. The highest BCUT2D eigenvalue weighted by Crippen LogP contribution is 2.32. The Morgan fingerprint density at radius 3 is 2.78 bits per heavy atom. The van der Waals surface area contributed by atoms with Crippen molar-refractivity contribution in [1.29, 1.82) is 0 Å². The quantitative estimate of drug-likeness (QED) is 0.826. The lowest BCUT2D eigenvalue weighted by Crippen LogP contribution is -2.42. The molecule has 0 radical (unpaired) electrons. The predicted molar refractivity (Wildman–Crippen MR) is 99.7 cm³/mol. The molecule has 0 bridgehead atoms. The van der Waals surface area contributed by atoms with Crippen LogP contribution in [-0.4, -0.2) is 36.3 Å². The van der Waals surface area contributed by atoms with E-state index in [1.54, 1.807) is 29.3 Å². The molecule has 27 heavy (non-hydrogen) atoms. The minimum atomic E-state index is -0.271. The second kappa shape index (κ2) is 7.64. The zero-order valence-electron chi connectivity index (χ0n) is 15.4. The number of carbonyl (C=O) groups excluding carboxylic acids is 1. The van der Waals surface area contributed by atoms with E-state index in [1.807, 2.05) is 6.92 Å². The Morgan fingerprint density at radius 1 is 1.22 bits per heavy atom. The lowest BCUT2D eigenvalue weighted by molar-refractivity contribution is 0.0237. The van der Waals surface area contributed by atoms with Gasteiger partial charge in [0.15, 0.2) is 0 Å². The fraction of sp³-hybridized carbons (Fsp3) is 0.429. The lowest BCUT2D eigenvalue weighted by atomic mass is 9.95. The maximum Gasteiger partial charge on any atom is 0.260 e. The van der Waals surface area contributed by atoms with Gasteiger partial charge in [0.2, 0.25) is 5.88 Å². The third kappa shape index (κ3) is 3.81. The third-order valence-corrected chi connectivity index (χ3v) is 5.23. The fourth-order valence-corrected chi connectivity index (χ4v) is 3.71. The van der Waals surface area contributed by atoms with Crippen LogP contribution in [0.5, 0.6) is 5.88 Å². The largest absolute Gasteiger partial charge is 0.474 e. The van der Waals surface area contributed by atoms with Crippen LogP contribution in [0.1, 0.15) is 42.1 Å². The van der Waals surface area contributed by atoms with E-state index in [4.69, 9.17) is 9.47 Å². The fourth-order valence-electron chi connectivity index (χ4n) is 3.71. The van der Waals surface area contributed by atoms with Gasteiger partial charge in [0.05, 0.1) is 18.8 Å². The number of benzene rings is 1. The first-order valence-electron chi connectivity index (χ1n) is 9.44. The molecule has 3 heterocycles. The van der Waals surface area contributed by atoms with E-state index in [1.165, 1.54) is 12.1 Å². The molecule has 0 spiro atoms. The lowest BCUT2D eigenvalue weighted by Gasteiger charge is -2.35. The third-order valence-electron chi connectivity index (χ3n) is 5.23. The number of hydrogen-bond donors (Lipinski definition) is 0. The van der Waals surface area contributed by atoms with Crippen LogP contribution >= 0.6 is 0 Å². The van der Waals surface area contributed by atoms with E-state index >= 15 is 0 Å². The molecule has 0 saturated carbocycles. The summed E-state index contributed by atoms with van der Waals surface area (Å²) in [5.41, 5.74) is 2.15. The van der Waals surface area contributed by atoms with Crippen molar-refractivity contribution in [3.05, 3.63) is 53.5 Å². The molecule has 1 saturated heterocycles. The van der Waals surface area contributed by atoms with Crippen molar-refractivity contribution < 1.29 is 18.7 Å². The number of rotatable bonds is 3. The maximum atomic E-state index is 13.5. The summed E-state index contributed by atoms with van der Waals surface area (Å²) in [5.74, 6) is 0.125. The van der Waals surface area contributed by atoms with Crippen LogP contribution in [0.2, 0.25) is 0 Å². The van der Waals surface area contributed by atoms with E-state index in [0.717, 1.165) is 36.9 Å². The summed E-state index contributed by atoms with van der Waals surface area (Å²) >= 11 is 0. The minimum absolute atomic E-state index is 0.0497. The molecule has 2 aromatic rings. The van der Waals surface area contributed by atoms with E-state index in [2.05, 4.69) is 4.98 Å². The van der Waals surface area contributed by atoms with Gasteiger partial charge in [0.1, 0.15) is 11.9 Å². The van der Waals surface area contributed by atoms with E-state index in [0.29, 0.717) is 24.7 Å². The van der Waals surface area contributed by atoms with E-state index < -0.39 is 0 Å². The molecule has 4 rings (SSSR count). The van der Waals surface area contributed by atoms with Gasteiger partial charge in [0, 0.05) is 36.8 Å². The highest BCUT2D eigenvalue weighted by molar-refractivity contribution is 6.07. The van der Waals surface area contributed by atoms with Crippen LogP contribution in [0.3, 0.4) is 0 Å². The molecular weight excluding hydrogens is 347 g/mol. The summed E-state index contributed by atoms with van der Waals surface area (Å²) < 4.78 is 24.7. The summed E-state index contributed by atoms with van der Waals surface area (Å²) in [4.78, 5) is 19.2. The molecule has 0 N–H and O–H groups in total. The molecule has 0 aliphatic carbocycles. The highest BCUT2D eigenvalue weighted by Gasteiger charge is 2.29. The standard InChI is InChI=1S/C21H23FN2O3/c1-14-2-3-15-12-17(22)5-6-19(15)24(14)21(25)16-4-7-20(23-13-16)27-18-8-10-26-11-9-18/h4-7,12-14,18H,2-3,8-11H2,1H3. The molecular formula is C21H23FN2O3. The van der Waals surface area contributed by atoms with Crippen molar-refractivity contribution in [2.45, 2.75) is 44.8 Å². The molecule has 2 aliphatic heterocycles. The first-order chi connectivity index (χ1) is 13.1. The Balaban J connectivity index is 1.52. The Bertz CT molecular complexity index is 819. The molecule has 1 fully saturated rings. The van der Waals surface area contributed by atoms with Crippen molar-refractivity contribution in [3.8, 4) is 5.88 Å². The van der Waals surface area contributed by atoms with Crippen LogP contribution in [0.4, 0.5) is 10.1 Å². The van der Waals surface area contributed by atoms with Crippen molar-refractivity contribution in [2.75, 3.05) is 18.1 Å². The maximum absolute atomic E-state index is 13.5. The van der Waals surface area contributed by atoms with Gasteiger partial charge in [-0.25, -0.2) is 9.37 Å². The number of aromatic nitrogens is 1. The Labute approximate surface area is 158 Å². The van der Waals surface area contributed by atoms with Gasteiger partial charge in [-0.05, 0) is 49.6 Å². The molecule has 142 valence electrons. The van der Waals surface area contributed by atoms with Crippen LogP contribution < -0.4 is 9.64 Å². The molecule has 1 aromatic heterocycles. The summed E-state index contributed by atoms with van der Waals surface area (Å²) in [7, 11) is 0. The topological polar surface area (TPSA) is 51.7 Å². The van der Waals surface area contributed by atoms with Gasteiger partial charge in [-0.1, -0.05) is 0 Å². The summed E-state index contributed by atoms with van der Waals surface area (Å²) in [6.07, 6.45) is 4.94. The normalized spacial score (nSPS) is 20.2. The Morgan fingerprint density at radius 2 is 2.04 bits per heavy atom. The number of carbonyl (C=O) groups is 1. The van der Waals surface area contributed by atoms with Crippen LogP contribution in [0.25, 0.3) is 0 Å². The monoisotopic (exact) mass is 370 g/mol. The van der Waals surface area contributed by atoms with Gasteiger partial charge in [-0.2, -0.15) is 0 Å². The summed E-state index contributed by atoms with van der Waals surface area (Å²) in [6, 6.07) is 8.14. The molecule has 2 aliphatic rings. The average Bonchev–Trinajstić information content (AvgIpc) is 2.69. The molecule has 1 unspecified atom stereocenters. The summed E-state index contributed by atoms with van der Waals surface area (Å²) in [5, 5.41) is 0. The number of aryl methyl sites for hydroxylation is 1. The number of fused-ring (bicyclic) bond motifs is 1. The van der Waals surface area contributed by atoms with Crippen molar-refractivity contribution in [1.82, 2.24) is 4.98 Å². The molecule has 5 nitrogen and oxygen atoms in total. The number of hydrogen-bond acceptors (Lipinski definition) is 4. The number of nitrogens with zero attached hydrogens (tertiary/aromatic N) is 2. The first kappa shape index (κ1) is 17.9. The van der Waals surface area contributed by atoms with E-state index in [-0.39, 0.29) is 23.9 Å². The van der Waals surface area contributed by atoms with Gasteiger partial charge < -0.3 is 14.4 Å². The van der Waals surface area contributed by atoms with Crippen molar-refractivity contribution in [3.63, 3.8) is 0 Å². The number of amides is 1. The molecule has 1 amide bonds. The number of pyridine rings is 1. The highest BCUT2D eigenvalue weighted by atomic mass is 19.1. The molecule has 1 atom stereocenters. The van der Waals surface area contributed by atoms with Crippen LogP contribution in [0.15, 0.2) is 36.5 Å². The SMILES string of the molecule is CC1CCc2cc(F)ccc2N1C(=O)c1ccc(OC2CCOCC2)nc1.